The zero-order valence-electron chi connectivity index (χ0n) is 9.00. The highest BCUT2D eigenvalue weighted by Gasteiger charge is 2.22. The van der Waals surface area contributed by atoms with Crippen molar-refractivity contribution < 1.29 is 14.6 Å². The fraction of sp³-hybridized carbons (Fsp3) is 0.889. The fourth-order valence-corrected chi connectivity index (χ4v) is 0.729. The maximum atomic E-state index is 11.3. The molecule has 1 amide bonds. The van der Waals surface area contributed by atoms with Gasteiger partial charge in [0.1, 0.15) is 11.8 Å². The molecule has 0 heterocycles. The largest absolute Gasteiger partial charge is 0.444 e. The van der Waals surface area contributed by atoms with Crippen molar-refractivity contribution in [3.8, 4) is 0 Å². The first kappa shape index (κ1) is 12.2. The molecule has 0 radical (unpaired) electrons. The number of hydrogen-bond donors (Lipinski definition) is 1. The molecule has 0 aliphatic heterocycles. The summed E-state index contributed by atoms with van der Waals surface area (Å²) in [7, 11) is 1.52. The van der Waals surface area contributed by atoms with Gasteiger partial charge in [0.2, 0.25) is 0 Å². The third-order valence-corrected chi connectivity index (χ3v) is 1.49. The van der Waals surface area contributed by atoms with Gasteiger partial charge in [0.15, 0.2) is 0 Å². The molecule has 1 unspecified atom stereocenters. The minimum absolute atomic E-state index is 0.496. The van der Waals surface area contributed by atoms with Gasteiger partial charge in [-0.15, -0.1) is 0 Å². The Labute approximate surface area is 79.5 Å². The van der Waals surface area contributed by atoms with Crippen LogP contribution in [0.4, 0.5) is 4.79 Å². The highest BCUT2D eigenvalue weighted by atomic mass is 16.6. The monoisotopic (exact) mass is 189 g/mol. The summed E-state index contributed by atoms with van der Waals surface area (Å²) < 4.78 is 5.05. The van der Waals surface area contributed by atoms with Crippen molar-refractivity contribution in [3.63, 3.8) is 0 Å². The second kappa shape index (κ2) is 4.46. The molecule has 0 aromatic carbocycles. The predicted molar refractivity (Wildman–Crippen MR) is 50.3 cm³/mol. The molecule has 0 saturated carbocycles. The molecule has 0 bridgehead atoms. The SMILES string of the molecule is CCC(O)N(C)C(=O)OC(C)(C)C. The summed E-state index contributed by atoms with van der Waals surface area (Å²) in [4.78, 5) is 12.5. The first-order valence-electron chi connectivity index (χ1n) is 4.41. The van der Waals surface area contributed by atoms with Crippen LogP contribution >= 0.6 is 0 Å². The topological polar surface area (TPSA) is 49.8 Å². The molecule has 0 aromatic rings. The van der Waals surface area contributed by atoms with Crippen LogP contribution in [0.1, 0.15) is 34.1 Å². The average Bonchev–Trinajstić information content (AvgIpc) is 1.98. The van der Waals surface area contributed by atoms with E-state index in [0.29, 0.717) is 6.42 Å². The van der Waals surface area contributed by atoms with E-state index in [1.165, 1.54) is 11.9 Å². The Balaban J connectivity index is 4.12. The number of carbonyl (C=O) groups is 1. The van der Waals surface area contributed by atoms with Gasteiger partial charge in [0, 0.05) is 7.05 Å². The van der Waals surface area contributed by atoms with E-state index in [1.54, 1.807) is 27.7 Å². The van der Waals surface area contributed by atoms with E-state index in [-0.39, 0.29) is 0 Å². The normalized spacial score (nSPS) is 13.7. The van der Waals surface area contributed by atoms with Crippen LogP contribution in [0.25, 0.3) is 0 Å². The highest BCUT2D eigenvalue weighted by Crippen LogP contribution is 2.10. The molecule has 4 heteroatoms. The second-order valence-corrected chi connectivity index (χ2v) is 3.98. The van der Waals surface area contributed by atoms with E-state index in [1.807, 2.05) is 0 Å². The molecule has 0 saturated heterocycles. The molecule has 0 aromatic heterocycles. The molecule has 1 N–H and O–H groups in total. The highest BCUT2D eigenvalue weighted by molar-refractivity contribution is 5.67. The maximum Gasteiger partial charge on any atom is 0.412 e. The van der Waals surface area contributed by atoms with Gasteiger partial charge < -0.3 is 9.84 Å². The van der Waals surface area contributed by atoms with Crippen LogP contribution < -0.4 is 0 Å². The summed E-state index contributed by atoms with van der Waals surface area (Å²) in [6, 6.07) is 0. The number of ether oxygens (including phenoxy) is 1. The smallest absolute Gasteiger partial charge is 0.412 e. The summed E-state index contributed by atoms with van der Waals surface area (Å²) in [5, 5.41) is 9.32. The Morgan fingerprint density at radius 3 is 2.31 bits per heavy atom. The van der Waals surface area contributed by atoms with Crippen LogP contribution in [0.5, 0.6) is 0 Å². The number of rotatable bonds is 2. The summed E-state index contributed by atoms with van der Waals surface area (Å²) in [6.07, 6.45) is -0.771. The van der Waals surface area contributed by atoms with Gasteiger partial charge >= 0.3 is 6.09 Å². The minimum Gasteiger partial charge on any atom is -0.444 e. The lowest BCUT2D eigenvalue weighted by atomic mass is 10.2. The zero-order chi connectivity index (χ0) is 10.6. The van der Waals surface area contributed by atoms with Gasteiger partial charge in [0.05, 0.1) is 0 Å². The summed E-state index contributed by atoms with van der Waals surface area (Å²) >= 11 is 0. The van der Waals surface area contributed by atoms with Crippen molar-refractivity contribution in [2.45, 2.75) is 45.9 Å². The summed E-state index contributed by atoms with van der Waals surface area (Å²) in [6.45, 7) is 7.16. The number of carbonyl (C=O) groups excluding carboxylic acids is 1. The first-order chi connectivity index (χ1) is 5.78. The molecule has 1 atom stereocenters. The van der Waals surface area contributed by atoms with Gasteiger partial charge in [0.25, 0.3) is 0 Å². The van der Waals surface area contributed by atoms with Crippen LogP contribution in [0, 0.1) is 0 Å². The first-order valence-corrected chi connectivity index (χ1v) is 4.41. The molecular formula is C9H19NO3. The maximum absolute atomic E-state index is 11.3. The van der Waals surface area contributed by atoms with E-state index < -0.39 is 17.9 Å². The Morgan fingerprint density at radius 1 is 1.54 bits per heavy atom. The number of aliphatic hydroxyl groups is 1. The van der Waals surface area contributed by atoms with Gasteiger partial charge in [-0.25, -0.2) is 4.79 Å². The van der Waals surface area contributed by atoms with Gasteiger partial charge in [-0.05, 0) is 27.2 Å². The van der Waals surface area contributed by atoms with Gasteiger partial charge in [-0.3, -0.25) is 4.90 Å². The Kier molecular flexibility index (Phi) is 4.20. The van der Waals surface area contributed by atoms with Gasteiger partial charge in [-0.2, -0.15) is 0 Å². The van der Waals surface area contributed by atoms with Gasteiger partial charge in [-0.1, -0.05) is 6.92 Å². The zero-order valence-corrected chi connectivity index (χ0v) is 9.00. The van der Waals surface area contributed by atoms with Crippen molar-refractivity contribution in [3.05, 3.63) is 0 Å². The molecule has 0 spiro atoms. The Hall–Kier alpha value is -0.770. The molecule has 0 aliphatic rings. The lowest BCUT2D eigenvalue weighted by molar-refractivity contribution is -0.0207. The lowest BCUT2D eigenvalue weighted by Gasteiger charge is -2.27. The van der Waals surface area contributed by atoms with Crippen molar-refractivity contribution >= 4 is 6.09 Å². The van der Waals surface area contributed by atoms with Crippen LogP contribution in [-0.2, 0) is 4.74 Å². The van der Waals surface area contributed by atoms with E-state index >= 15 is 0 Å². The Bertz CT molecular complexity index is 174. The molecule has 78 valence electrons. The molecule has 13 heavy (non-hydrogen) atoms. The minimum atomic E-state index is -0.769. The van der Waals surface area contributed by atoms with E-state index in [0.717, 1.165) is 0 Å². The average molecular weight is 189 g/mol. The van der Waals surface area contributed by atoms with Crippen molar-refractivity contribution in [2.75, 3.05) is 7.05 Å². The number of nitrogens with zero attached hydrogens (tertiary/aromatic N) is 1. The van der Waals surface area contributed by atoms with E-state index in [9.17, 15) is 9.90 Å². The quantitative estimate of drug-likeness (QED) is 0.671. The molecule has 0 rings (SSSR count). The second-order valence-electron chi connectivity index (χ2n) is 3.98. The van der Waals surface area contributed by atoms with E-state index in [4.69, 9.17) is 4.74 Å². The standard InChI is InChI=1S/C9H19NO3/c1-6-7(11)10(5)8(12)13-9(2,3)4/h7,11H,6H2,1-5H3. The molecule has 0 aliphatic carbocycles. The van der Waals surface area contributed by atoms with E-state index in [2.05, 4.69) is 0 Å². The van der Waals surface area contributed by atoms with Crippen LogP contribution in [0.15, 0.2) is 0 Å². The lowest BCUT2D eigenvalue weighted by Crippen LogP contribution is -2.40. The Morgan fingerprint density at radius 2 is 2.00 bits per heavy atom. The predicted octanol–water partition coefficient (Wildman–Crippen LogP) is 1.58. The third kappa shape index (κ3) is 4.72. The third-order valence-electron chi connectivity index (χ3n) is 1.49. The van der Waals surface area contributed by atoms with Crippen LogP contribution in [-0.4, -0.2) is 35.0 Å². The van der Waals surface area contributed by atoms with Crippen molar-refractivity contribution in [1.29, 1.82) is 0 Å². The summed E-state index contributed by atoms with van der Waals surface area (Å²) in [5.41, 5.74) is -0.515. The number of amides is 1. The van der Waals surface area contributed by atoms with Crippen LogP contribution in [0.2, 0.25) is 0 Å². The molecule has 0 fully saturated rings. The van der Waals surface area contributed by atoms with Crippen molar-refractivity contribution in [1.82, 2.24) is 4.90 Å². The van der Waals surface area contributed by atoms with Crippen molar-refractivity contribution in [2.24, 2.45) is 0 Å². The van der Waals surface area contributed by atoms with Crippen LogP contribution in [0.3, 0.4) is 0 Å². The molecule has 4 nitrogen and oxygen atoms in total. The number of aliphatic hydroxyl groups excluding tert-OH is 1. The summed E-state index contributed by atoms with van der Waals surface area (Å²) in [5.74, 6) is 0. The number of hydrogen-bond acceptors (Lipinski definition) is 3. The fourth-order valence-electron chi connectivity index (χ4n) is 0.729. The molecular weight excluding hydrogens is 170 g/mol.